The van der Waals surface area contributed by atoms with Crippen LogP contribution in [0.1, 0.15) is 27.2 Å². The van der Waals surface area contributed by atoms with E-state index in [4.69, 9.17) is 5.73 Å². The second-order valence-electron chi connectivity index (χ2n) is 5.34. The number of fused-ring (bicyclic) bond motifs is 1. The zero-order valence-corrected chi connectivity index (χ0v) is 11.9. The Kier molecular flexibility index (Phi) is 3.82. The van der Waals surface area contributed by atoms with Crippen molar-refractivity contribution in [1.29, 1.82) is 0 Å². The minimum absolute atomic E-state index is 0.126. The predicted molar refractivity (Wildman–Crippen MR) is 78.0 cm³/mol. The van der Waals surface area contributed by atoms with Crippen molar-refractivity contribution in [2.45, 2.75) is 32.7 Å². The van der Waals surface area contributed by atoms with Gasteiger partial charge in [-0.2, -0.15) is 0 Å². The molecule has 18 heavy (non-hydrogen) atoms. The van der Waals surface area contributed by atoms with Crippen LogP contribution in [0.3, 0.4) is 0 Å². The SMILES string of the molecule is CC(C)CC(C)(CN)Nc1ncnc2ccsc12. The molecular weight excluding hydrogens is 244 g/mol. The average Bonchev–Trinajstić information content (AvgIpc) is 2.77. The van der Waals surface area contributed by atoms with E-state index in [0.29, 0.717) is 12.5 Å². The van der Waals surface area contributed by atoms with Crippen molar-refractivity contribution in [2.24, 2.45) is 11.7 Å². The van der Waals surface area contributed by atoms with E-state index in [2.05, 4.69) is 36.1 Å². The summed E-state index contributed by atoms with van der Waals surface area (Å²) in [6.45, 7) is 7.14. The molecule has 0 saturated heterocycles. The number of thiophene rings is 1. The summed E-state index contributed by atoms with van der Waals surface area (Å²) in [4.78, 5) is 8.60. The van der Waals surface area contributed by atoms with Crippen molar-refractivity contribution in [2.75, 3.05) is 11.9 Å². The molecule has 0 aliphatic rings. The minimum atomic E-state index is -0.126. The van der Waals surface area contributed by atoms with Gasteiger partial charge >= 0.3 is 0 Å². The number of hydrogen-bond donors (Lipinski definition) is 2. The van der Waals surface area contributed by atoms with E-state index in [-0.39, 0.29) is 5.54 Å². The van der Waals surface area contributed by atoms with Gasteiger partial charge in [-0.05, 0) is 30.7 Å². The third kappa shape index (κ3) is 2.79. The molecule has 2 rings (SSSR count). The highest BCUT2D eigenvalue weighted by molar-refractivity contribution is 7.17. The van der Waals surface area contributed by atoms with Crippen LogP contribution in [0, 0.1) is 5.92 Å². The fraction of sp³-hybridized carbons (Fsp3) is 0.538. The van der Waals surface area contributed by atoms with Crippen LogP contribution < -0.4 is 11.1 Å². The summed E-state index contributed by atoms with van der Waals surface area (Å²) in [5.41, 5.74) is 6.78. The van der Waals surface area contributed by atoms with Crippen LogP contribution in [0.5, 0.6) is 0 Å². The first-order valence-electron chi connectivity index (χ1n) is 6.20. The van der Waals surface area contributed by atoms with Crippen LogP contribution in [0.25, 0.3) is 10.2 Å². The molecule has 0 fully saturated rings. The molecule has 98 valence electrons. The van der Waals surface area contributed by atoms with Crippen molar-refractivity contribution in [3.05, 3.63) is 17.8 Å². The molecule has 4 nitrogen and oxygen atoms in total. The Balaban J connectivity index is 2.29. The summed E-state index contributed by atoms with van der Waals surface area (Å²) in [5, 5.41) is 5.53. The van der Waals surface area contributed by atoms with Crippen LogP contribution in [0.4, 0.5) is 5.82 Å². The van der Waals surface area contributed by atoms with E-state index in [0.717, 1.165) is 22.5 Å². The normalized spacial score (nSPS) is 14.9. The zero-order valence-electron chi connectivity index (χ0n) is 11.1. The fourth-order valence-corrected chi connectivity index (χ4v) is 3.04. The molecule has 2 aromatic heterocycles. The van der Waals surface area contributed by atoms with Crippen LogP contribution >= 0.6 is 11.3 Å². The number of hydrogen-bond acceptors (Lipinski definition) is 5. The van der Waals surface area contributed by atoms with E-state index in [1.165, 1.54) is 0 Å². The minimum Gasteiger partial charge on any atom is -0.362 e. The van der Waals surface area contributed by atoms with Crippen LogP contribution in [0.2, 0.25) is 0 Å². The first kappa shape index (κ1) is 13.2. The van der Waals surface area contributed by atoms with Gasteiger partial charge in [-0.25, -0.2) is 9.97 Å². The third-order valence-electron chi connectivity index (χ3n) is 2.97. The average molecular weight is 264 g/mol. The number of rotatable bonds is 5. The summed E-state index contributed by atoms with van der Waals surface area (Å²) in [7, 11) is 0. The molecule has 2 aromatic rings. The van der Waals surface area contributed by atoms with Gasteiger partial charge in [0.15, 0.2) is 0 Å². The summed E-state index contributed by atoms with van der Waals surface area (Å²) in [6.07, 6.45) is 2.62. The Morgan fingerprint density at radius 1 is 1.44 bits per heavy atom. The van der Waals surface area contributed by atoms with Crippen molar-refractivity contribution >= 4 is 27.4 Å². The molecule has 1 atom stereocenters. The molecule has 0 aliphatic carbocycles. The topological polar surface area (TPSA) is 63.8 Å². The lowest BCUT2D eigenvalue weighted by molar-refractivity contribution is 0.406. The highest BCUT2D eigenvalue weighted by atomic mass is 32.1. The third-order valence-corrected chi connectivity index (χ3v) is 3.88. The summed E-state index contributed by atoms with van der Waals surface area (Å²) >= 11 is 1.66. The first-order chi connectivity index (χ1) is 8.54. The van der Waals surface area contributed by atoms with Crippen LogP contribution in [-0.2, 0) is 0 Å². The van der Waals surface area contributed by atoms with Gasteiger partial charge in [-0.1, -0.05) is 13.8 Å². The van der Waals surface area contributed by atoms with Gasteiger partial charge < -0.3 is 11.1 Å². The number of anilines is 1. The zero-order chi connectivity index (χ0) is 13.2. The molecule has 1 unspecified atom stereocenters. The predicted octanol–water partition coefficient (Wildman–Crippen LogP) is 2.87. The largest absolute Gasteiger partial charge is 0.362 e. The molecule has 0 amide bonds. The lowest BCUT2D eigenvalue weighted by Crippen LogP contribution is -2.43. The highest BCUT2D eigenvalue weighted by Crippen LogP contribution is 2.28. The monoisotopic (exact) mass is 264 g/mol. The smallest absolute Gasteiger partial charge is 0.147 e. The fourth-order valence-electron chi connectivity index (χ4n) is 2.25. The molecule has 0 saturated carbocycles. The summed E-state index contributed by atoms with van der Waals surface area (Å²) in [6, 6.07) is 2.01. The van der Waals surface area contributed by atoms with Gasteiger partial charge in [0, 0.05) is 12.1 Å². The van der Waals surface area contributed by atoms with Gasteiger partial charge in [0.05, 0.1) is 10.2 Å². The molecule has 5 heteroatoms. The number of nitrogens with one attached hydrogen (secondary N) is 1. The molecule has 0 spiro atoms. The second kappa shape index (κ2) is 5.20. The Labute approximate surface area is 112 Å². The van der Waals surface area contributed by atoms with E-state index in [9.17, 15) is 0 Å². The van der Waals surface area contributed by atoms with Crippen molar-refractivity contribution in [3.8, 4) is 0 Å². The second-order valence-corrected chi connectivity index (χ2v) is 6.26. The Bertz CT molecular complexity index is 522. The first-order valence-corrected chi connectivity index (χ1v) is 7.08. The lowest BCUT2D eigenvalue weighted by atomic mass is 9.91. The molecule has 3 N–H and O–H groups in total. The van der Waals surface area contributed by atoms with E-state index in [1.54, 1.807) is 17.7 Å². The molecule has 0 aromatic carbocycles. The quantitative estimate of drug-likeness (QED) is 0.871. The number of nitrogens with zero attached hydrogens (tertiary/aromatic N) is 2. The number of nitrogens with two attached hydrogens (primary N) is 1. The summed E-state index contributed by atoms with van der Waals surface area (Å²) < 4.78 is 1.10. The van der Waals surface area contributed by atoms with Gasteiger partial charge in [0.1, 0.15) is 12.1 Å². The van der Waals surface area contributed by atoms with E-state index >= 15 is 0 Å². The van der Waals surface area contributed by atoms with Crippen LogP contribution in [0.15, 0.2) is 17.8 Å². The van der Waals surface area contributed by atoms with Crippen molar-refractivity contribution in [3.63, 3.8) is 0 Å². The van der Waals surface area contributed by atoms with E-state index in [1.807, 2.05) is 11.4 Å². The maximum atomic E-state index is 5.92. The van der Waals surface area contributed by atoms with Gasteiger partial charge in [0.2, 0.25) is 0 Å². The molecular formula is C13H20N4S. The highest BCUT2D eigenvalue weighted by Gasteiger charge is 2.25. The Hall–Kier alpha value is -1.20. The standard InChI is InChI=1S/C13H20N4S/c1-9(2)6-13(3,7-14)17-12-11-10(4-5-18-11)15-8-16-12/h4-5,8-9H,6-7,14H2,1-3H3,(H,15,16,17). The maximum absolute atomic E-state index is 5.92. The Morgan fingerprint density at radius 2 is 2.22 bits per heavy atom. The Morgan fingerprint density at radius 3 is 2.89 bits per heavy atom. The molecule has 2 heterocycles. The lowest BCUT2D eigenvalue weighted by Gasteiger charge is -2.31. The summed E-state index contributed by atoms with van der Waals surface area (Å²) in [5.74, 6) is 1.48. The van der Waals surface area contributed by atoms with Crippen LogP contribution in [-0.4, -0.2) is 22.1 Å². The van der Waals surface area contributed by atoms with Gasteiger partial charge in [-0.3, -0.25) is 0 Å². The maximum Gasteiger partial charge on any atom is 0.147 e. The molecule has 0 radical (unpaired) electrons. The van der Waals surface area contributed by atoms with E-state index < -0.39 is 0 Å². The molecule has 0 bridgehead atoms. The van der Waals surface area contributed by atoms with Gasteiger partial charge in [0.25, 0.3) is 0 Å². The van der Waals surface area contributed by atoms with Crippen molar-refractivity contribution < 1.29 is 0 Å². The van der Waals surface area contributed by atoms with Crippen molar-refractivity contribution in [1.82, 2.24) is 9.97 Å². The van der Waals surface area contributed by atoms with Gasteiger partial charge in [-0.15, -0.1) is 11.3 Å². The molecule has 0 aliphatic heterocycles. The number of aromatic nitrogens is 2.